The van der Waals surface area contributed by atoms with E-state index >= 15 is 0 Å². The lowest BCUT2D eigenvalue weighted by atomic mass is 9.81. The maximum Gasteiger partial charge on any atom is 0.311 e. The second-order valence-corrected chi connectivity index (χ2v) is 7.98. The summed E-state index contributed by atoms with van der Waals surface area (Å²) < 4.78 is 1.67. The minimum Gasteiger partial charge on any atom is -0.481 e. The molecule has 1 saturated heterocycles. The first-order valence-electron chi connectivity index (χ1n) is 9.05. The van der Waals surface area contributed by atoms with E-state index in [0.717, 1.165) is 24.2 Å². The highest BCUT2D eigenvalue weighted by Crippen LogP contribution is 2.49. The number of carboxylic acid groups (broad SMARTS) is 1. The Morgan fingerprint density at radius 1 is 1.33 bits per heavy atom. The number of carboxylic acids is 1. The van der Waals surface area contributed by atoms with Gasteiger partial charge in [0.05, 0.1) is 16.1 Å². The summed E-state index contributed by atoms with van der Waals surface area (Å²) in [6, 6.07) is 5.28. The summed E-state index contributed by atoms with van der Waals surface area (Å²) in [5.74, 6) is -0.619. The van der Waals surface area contributed by atoms with Crippen LogP contribution in [0.15, 0.2) is 18.2 Å². The van der Waals surface area contributed by atoms with Crippen LogP contribution in [0.4, 0.5) is 0 Å². The van der Waals surface area contributed by atoms with Crippen molar-refractivity contribution in [1.82, 2.24) is 19.7 Å². The Hall–Kier alpha value is -2.41. The van der Waals surface area contributed by atoms with E-state index in [2.05, 4.69) is 10.1 Å². The van der Waals surface area contributed by atoms with Crippen LogP contribution in [-0.4, -0.2) is 49.7 Å². The number of carbonyl (C=O) groups excluding carboxylic acids is 1. The molecule has 1 saturated carbocycles. The molecular weight excluding hydrogens is 368 g/mol. The lowest BCUT2D eigenvalue weighted by molar-refractivity contribution is -0.149. The highest BCUT2D eigenvalue weighted by atomic mass is 35.5. The first-order valence-corrected chi connectivity index (χ1v) is 9.42. The summed E-state index contributed by atoms with van der Waals surface area (Å²) in [4.78, 5) is 31.0. The predicted octanol–water partition coefficient (Wildman–Crippen LogP) is 2.86. The molecule has 0 aromatic carbocycles. The Morgan fingerprint density at radius 2 is 2.11 bits per heavy atom. The molecule has 3 heterocycles. The number of aromatic nitrogens is 3. The molecule has 2 aromatic heterocycles. The SMILES string of the molecule is Cc1cc(C)n(-c2ccc(Cl)c(C(=O)N3C[C@@H]4CCC[C@@]4(C(=O)O)C3)n2)n1. The van der Waals surface area contributed by atoms with Crippen molar-refractivity contribution in [2.45, 2.75) is 33.1 Å². The van der Waals surface area contributed by atoms with E-state index in [1.807, 2.05) is 19.9 Å². The molecule has 1 aliphatic heterocycles. The Labute approximate surface area is 161 Å². The highest BCUT2D eigenvalue weighted by molar-refractivity contribution is 6.33. The van der Waals surface area contributed by atoms with Gasteiger partial charge < -0.3 is 10.0 Å². The quantitative estimate of drug-likeness (QED) is 0.873. The minimum absolute atomic E-state index is 0.00285. The van der Waals surface area contributed by atoms with Crippen LogP contribution in [0.1, 0.15) is 41.1 Å². The van der Waals surface area contributed by atoms with Gasteiger partial charge in [0.2, 0.25) is 0 Å². The van der Waals surface area contributed by atoms with Gasteiger partial charge in [0.15, 0.2) is 5.82 Å². The molecule has 0 bridgehead atoms. The molecular formula is C19H21ClN4O3. The van der Waals surface area contributed by atoms with Crippen LogP contribution in [0.5, 0.6) is 0 Å². The van der Waals surface area contributed by atoms with Gasteiger partial charge in [0.1, 0.15) is 5.69 Å². The lowest BCUT2D eigenvalue weighted by Crippen LogP contribution is -2.37. The lowest BCUT2D eigenvalue weighted by Gasteiger charge is -2.23. The van der Waals surface area contributed by atoms with Crippen molar-refractivity contribution in [2.24, 2.45) is 11.3 Å². The van der Waals surface area contributed by atoms with Gasteiger partial charge in [-0.3, -0.25) is 9.59 Å². The van der Waals surface area contributed by atoms with E-state index in [1.165, 1.54) is 0 Å². The van der Waals surface area contributed by atoms with Gasteiger partial charge in [0.25, 0.3) is 5.91 Å². The average molecular weight is 389 g/mol. The molecule has 2 aliphatic rings. The van der Waals surface area contributed by atoms with Crippen molar-refractivity contribution in [3.05, 3.63) is 40.3 Å². The molecule has 2 aromatic rings. The fraction of sp³-hybridized carbons (Fsp3) is 0.474. The molecule has 1 N–H and O–H groups in total. The smallest absolute Gasteiger partial charge is 0.311 e. The van der Waals surface area contributed by atoms with E-state index in [1.54, 1.807) is 21.7 Å². The number of fused-ring (bicyclic) bond motifs is 1. The van der Waals surface area contributed by atoms with Crippen LogP contribution in [0, 0.1) is 25.2 Å². The van der Waals surface area contributed by atoms with Gasteiger partial charge in [-0.1, -0.05) is 18.0 Å². The average Bonchev–Trinajstić information content (AvgIpc) is 3.27. The summed E-state index contributed by atoms with van der Waals surface area (Å²) in [6.07, 6.45) is 2.35. The number of pyridine rings is 1. The second kappa shape index (κ2) is 6.34. The van der Waals surface area contributed by atoms with E-state index < -0.39 is 11.4 Å². The van der Waals surface area contributed by atoms with Crippen molar-refractivity contribution in [3.8, 4) is 5.82 Å². The maximum atomic E-state index is 13.1. The van der Waals surface area contributed by atoms with Gasteiger partial charge in [-0.15, -0.1) is 0 Å². The zero-order valence-corrected chi connectivity index (χ0v) is 16.0. The largest absolute Gasteiger partial charge is 0.481 e. The van der Waals surface area contributed by atoms with Crippen LogP contribution in [0.3, 0.4) is 0 Å². The summed E-state index contributed by atoms with van der Waals surface area (Å²) in [7, 11) is 0. The van der Waals surface area contributed by atoms with E-state index in [9.17, 15) is 14.7 Å². The van der Waals surface area contributed by atoms with Crippen LogP contribution >= 0.6 is 11.6 Å². The minimum atomic E-state index is -0.824. The Kier molecular flexibility index (Phi) is 4.22. The Morgan fingerprint density at radius 3 is 2.74 bits per heavy atom. The van der Waals surface area contributed by atoms with Gasteiger partial charge in [0, 0.05) is 18.8 Å². The van der Waals surface area contributed by atoms with E-state index in [-0.39, 0.29) is 29.1 Å². The molecule has 4 rings (SSSR count). The molecule has 2 atom stereocenters. The number of likely N-dealkylation sites (tertiary alicyclic amines) is 1. The number of aliphatic carboxylic acids is 1. The molecule has 1 aliphatic carbocycles. The summed E-state index contributed by atoms with van der Waals surface area (Å²) in [5.41, 5.74) is 1.08. The summed E-state index contributed by atoms with van der Waals surface area (Å²) in [6.45, 7) is 4.46. The molecule has 1 amide bonds. The predicted molar refractivity (Wildman–Crippen MR) is 99.2 cm³/mol. The number of carbonyl (C=O) groups is 2. The molecule has 0 radical (unpaired) electrons. The standard InChI is InChI=1S/C19H21ClN4O3/c1-11-8-12(2)24(22-11)15-6-5-14(20)16(21-15)17(25)23-9-13-4-3-7-19(13,10-23)18(26)27/h5-6,8,13H,3-4,7,9-10H2,1-2H3,(H,26,27)/t13-,19+/m0/s1. The van der Waals surface area contributed by atoms with Crippen molar-refractivity contribution in [3.63, 3.8) is 0 Å². The normalized spacial score (nSPS) is 24.3. The third-order valence-corrected chi connectivity index (χ3v) is 6.15. The van der Waals surface area contributed by atoms with Crippen molar-refractivity contribution >= 4 is 23.5 Å². The zero-order valence-electron chi connectivity index (χ0n) is 15.3. The maximum absolute atomic E-state index is 13.1. The highest BCUT2D eigenvalue weighted by Gasteiger charge is 2.56. The topological polar surface area (TPSA) is 88.3 Å². The number of hydrogen-bond acceptors (Lipinski definition) is 4. The fourth-order valence-corrected chi connectivity index (χ4v) is 4.69. The first-order chi connectivity index (χ1) is 12.8. The number of halogens is 1. The van der Waals surface area contributed by atoms with Gasteiger partial charge in [-0.2, -0.15) is 5.10 Å². The monoisotopic (exact) mass is 388 g/mol. The summed E-state index contributed by atoms with van der Waals surface area (Å²) in [5, 5.41) is 14.4. The summed E-state index contributed by atoms with van der Waals surface area (Å²) >= 11 is 6.26. The number of hydrogen-bond donors (Lipinski definition) is 1. The fourth-order valence-electron chi connectivity index (χ4n) is 4.50. The van der Waals surface area contributed by atoms with Crippen LogP contribution in [-0.2, 0) is 4.79 Å². The first kappa shape index (κ1) is 18.0. The van der Waals surface area contributed by atoms with Crippen LogP contribution < -0.4 is 0 Å². The zero-order chi connectivity index (χ0) is 19.3. The molecule has 7 nitrogen and oxygen atoms in total. The molecule has 0 spiro atoms. The number of aryl methyl sites for hydroxylation is 2. The molecule has 8 heteroatoms. The van der Waals surface area contributed by atoms with E-state index in [0.29, 0.717) is 18.8 Å². The van der Waals surface area contributed by atoms with Crippen molar-refractivity contribution in [1.29, 1.82) is 0 Å². The molecule has 0 unspecified atom stereocenters. The third-order valence-electron chi connectivity index (χ3n) is 5.84. The van der Waals surface area contributed by atoms with E-state index in [4.69, 9.17) is 11.6 Å². The Bertz CT molecular complexity index is 941. The van der Waals surface area contributed by atoms with Crippen LogP contribution in [0.25, 0.3) is 5.82 Å². The number of amides is 1. The molecule has 142 valence electrons. The van der Waals surface area contributed by atoms with Gasteiger partial charge in [-0.05, 0) is 50.8 Å². The van der Waals surface area contributed by atoms with Gasteiger partial charge >= 0.3 is 5.97 Å². The second-order valence-electron chi connectivity index (χ2n) is 7.57. The number of nitrogens with zero attached hydrogens (tertiary/aromatic N) is 4. The number of rotatable bonds is 3. The Balaban J connectivity index is 1.66. The van der Waals surface area contributed by atoms with Crippen molar-refractivity contribution < 1.29 is 14.7 Å². The molecule has 2 fully saturated rings. The van der Waals surface area contributed by atoms with Crippen LogP contribution in [0.2, 0.25) is 5.02 Å². The van der Waals surface area contributed by atoms with Gasteiger partial charge in [-0.25, -0.2) is 9.67 Å². The third kappa shape index (κ3) is 2.81. The van der Waals surface area contributed by atoms with Crippen molar-refractivity contribution in [2.75, 3.05) is 13.1 Å². The molecule has 27 heavy (non-hydrogen) atoms.